The number of hydrogen-bond donors (Lipinski definition) is 1. The molecular formula is C18H24N6O. The second-order valence-corrected chi connectivity index (χ2v) is 6.49. The minimum absolute atomic E-state index is 0.528. The van der Waals surface area contributed by atoms with Crippen LogP contribution in [0.3, 0.4) is 0 Å². The largest absolute Gasteiger partial charge is 0.369 e. The predicted molar refractivity (Wildman–Crippen MR) is 93.7 cm³/mol. The number of hydrogen-bond acceptors (Lipinski definition) is 7. The van der Waals surface area contributed by atoms with Crippen LogP contribution < -0.4 is 5.32 Å². The van der Waals surface area contributed by atoms with Crippen molar-refractivity contribution >= 4 is 5.82 Å². The van der Waals surface area contributed by atoms with Gasteiger partial charge >= 0.3 is 0 Å². The summed E-state index contributed by atoms with van der Waals surface area (Å²) in [6, 6.07) is 5.73. The molecule has 1 saturated heterocycles. The van der Waals surface area contributed by atoms with Gasteiger partial charge in [-0.2, -0.15) is 10.2 Å². The molecule has 3 rings (SSSR count). The Balaban J connectivity index is 1.45. The lowest BCUT2D eigenvalue weighted by molar-refractivity contribution is 0.299. The maximum Gasteiger partial charge on any atom is 0.226 e. The van der Waals surface area contributed by atoms with Crippen LogP contribution >= 0.6 is 0 Å². The molecule has 0 aliphatic carbocycles. The van der Waals surface area contributed by atoms with Crippen molar-refractivity contribution in [1.29, 1.82) is 5.26 Å². The minimum Gasteiger partial charge on any atom is -0.369 e. The van der Waals surface area contributed by atoms with Crippen LogP contribution in [-0.4, -0.2) is 39.7 Å². The summed E-state index contributed by atoms with van der Waals surface area (Å²) in [7, 11) is 0. The summed E-state index contributed by atoms with van der Waals surface area (Å²) in [4.78, 5) is 11.1. The SMILES string of the molecule is CCCCc1nc(CN2CC[C@@H](CNc3ncccc3C#N)C2)no1. The molecule has 1 aliphatic rings. The lowest BCUT2D eigenvalue weighted by atomic mass is 10.1. The molecule has 132 valence electrons. The van der Waals surface area contributed by atoms with Gasteiger partial charge in [0.1, 0.15) is 11.9 Å². The van der Waals surface area contributed by atoms with Crippen LogP contribution in [0.15, 0.2) is 22.9 Å². The Morgan fingerprint density at radius 3 is 3.24 bits per heavy atom. The number of unbranched alkanes of at least 4 members (excludes halogenated alkanes) is 1. The molecule has 2 aromatic rings. The third kappa shape index (κ3) is 4.77. The first-order valence-corrected chi connectivity index (χ1v) is 8.91. The van der Waals surface area contributed by atoms with Crippen molar-refractivity contribution in [1.82, 2.24) is 20.0 Å². The van der Waals surface area contributed by atoms with E-state index in [4.69, 9.17) is 9.78 Å². The van der Waals surface area contributed by atoms with E-state index in [-0.39, 0.29) is 0 Å². The molecule has 25 heavy (non-hydrogen) atoms. The molecule has 1 aliphatic heterocycles. The van der Waals surface area contributed by atoms with Crippen LogP contribution in [-0.2, 0) is 13.0 Å². The van der Waals surface area contributed by atoms with Gasteiger partial charge in [-0.1, -0.05) is 18.5 Å². The number of nitriles is 1. The van der Waals surface area contributed by atoms with Gasteiger partial charge in [0, 0.05) is 25.7 Å². The lowest BCUT2D eigenvalue weighted by Gasteiger charge is -2.14. The highest BCUT2D eigenvalue weighted by atomic mass is 16.5. The van der Waals surface area contributed by atoms with Crippen molar-refractivity contribution in [2.75, 3.05) is 25.0 Å². The van der Waals surface area contributed by atoms with Crippen molar-refractivity contribution in [3.05, 3.63) is 35.6 Å². The molecule has 0 saturated carbocycles. The van der Waals surface area contributed by atoms with Crippen molar-refractivity contribution in [3.8, 4) is 6.07 Å². The monoisotopic (exact) mass is 340 g/mol. The fraction of sp³-hybridized carbons (Fsp3) is 0.556. The molecule has 0 unspecified atom stereocenters. The fourth-order valence-electron chi connectivity index (χ4n) is 3.08. The average Bonchev–Trinajstić information content (AvgIpc) is 3.28. The summed E-state index contributed by atoms with van der Waals surface area (Å²) in [5, 5.41) is 16.5. The second kappa shape index (κ2) is 8.58. The molecule has 1 fully saturated rings. The molecule has 0 radical (unpaired) electrons. The quantitative estimate of drug-likeness (QED) is 0.790. The smallest absolute Gasteiger partial charge is 0.226 e. The highest BCUT2D eigenvalue weighted by Gasteiger charge is 2.24. The highest BCUT2D eigenvalue weighted by molar-refractivity contribution is 5.51. The van der Waals surface area contributed by atoms with Crippen LogP contribution in [0.2, 0.25) is 0 Å². The number of rotatable bonds is 8. The van der Waals surface area contributed by atoms with Gasteiger partial charge in [0.05, 0.1) is 12.1 Å². The van der Waals surface area contributed by atoms with E-state index >= 15 is 0 Å². The number of likely N-dealkylation sites (tertiary alicyclic amines) is 1. The molecule has 0 bridgehead atoms. The maximum atomic E-state index is 9.11. The third-order valence-corrected chi connectivity index (χ3v) is 4.48. The van der Waals surface area contributed by atoms with Crippen LogP contribution in [0.1, 0.15) is 43.5 Å². The van der Waals surface area contributed by atoms with E-state index in [1.54, 1.807) is 18.3 Å². The second-order valence-electron chi connectivity index (χ2n) is 6.49. The molecule has 3 heterocycles. The van der Waals surface area contributed by atoms with E-state index in [2.05, 4.69) is 38.3 Å². The predicted octanol–water partition coefficient (Wildman–Crippen LogP) is 2.61. The minimum atomic E-state index is 0.528. The molecular weight excluding hydrogens is 316 g/mol. The number of nitrogens with zero attached hydrogens (tertiary/aromatic N) is 5. The Kier molecular flexibility index (Phi) is 5.96. The van der Waals surface area contributed by atoms with E-state index in [1.807, 2.05) is 0 Å². The highest BCUT2D eigenvalue weighted by Crippen LogP contribution is 2.19. The first-order valence-electron chi connectivity index (χ1n) is 8.91. The van der Waals surface area contributed by atoms with Crippen LogP contribution in [0.5, 0.6) is 0 Å². The van der Waals surface area contributed by atoms with Gasteiger partial charge in [-0.3, -0.25) is 4.90 Å². The Labute approximate surface area is 148 Å². The van der Waals surface area contributed by atoms with Gasteiger partial charge < -0.3 is 9.84 Å². The number of anilines is 1. The van der Waals surface area contributed by atoms with E-state index in [0.29, 0.717) is 17.3 Å². The van der Waals surface area contributed by atoms with Crippen LogP contribution in [0, 0.1) is 17.2 Å². The van der Waals surface area contributed by atoms with Crippen molar-refractivity contribution in [3.63, 3.8) is 0 Å². The fourth-order valence-corrected chi connectivity index (χ4v) is 3.08. The number of aryl methyl sites for hydroxylation is 1. The summed E-state index contributed by atoms with van der Waals surface area (Å²) in [6.07, 6.45) is 5.89. The molecule has 1 N–H and O–H groups in total. The third-order valence-electron chi connectivity index (χ3n) is 4.48. The van der Waals surface area contributed by atoms with Crippen LogP contribution in [0.25, 0.3) is 0 Å². The number of aromatic nitrogens is 3. The van der Waals surface area contributed by atoms with Gasteiger partial charge in [0.2, 0.25) is 5.89 Å². The topological polar surface area (TPSA) is 90.9 Å². The Morgan fingerprint density at radius 2 is 2.40 bits per heavy atom. The Hall–Kier alpha value is -2.46. The Morgan fingerprint density at radius 1 is 1.48 bits per heavy atom. The summed E-state index contributed by atoms with van der Waals surface area (Å²) in [6.45, 7) is 5.72. The zero-order valence-electron chi connectivity index (χ0n) is 14.6. The normalized spacial score (nSPS) is 17.5. The summed E-state index contributed by atoms with van der Waals surface area (Å²) < 4.78 is 5.30. The lowest BCUT2D eigenvalue weighted by Crippen LogP contribution is -2.23. The summed E-state index contributed by atoms with van der Waals surface area (Å²) in [5.74, 6) is 2.71. The summed E-state index contributed by atoms with van der Waals surface area (Å²) >= 11 is 0. The van der Waals surface area contributed by atoms with Gasteiger partial charge in [0.15, 0.2) is 5.82 Å². The van der Waals surface area contributed by atoms with Crippen molar-refractivity contribution in [2.24, 2.45) is 5.92 Å². The van der Waals surface area contributed by atoms with Gasteiger partial charge in [-0.15, -0.1) is 0 Å². The Bertz CT molecular complexity index is 722. The first kappa shape index (κ1) is 17.4. The maximum absolute atomic E-state index is 9.11. The number of pyridine rings is 1. The molecule has 0 amide bonds. The zero-order chi connectivity index (χ0) is 17.5. The van der Waals surface area contributed by atoms with Gasteiger partial charge in [-0.25, -0.2) is 4.98 Å². The molecule has 1 atom stereocenters. The average molecular weight is 340 g/mol. The van der Waals surface area contributed by atoms with Gasteiger partial charge in [-0.05, 0) is 37.4 Å². The van der Waals surface area contributed by atoms with Crippen molar-refractivity contribution < 1.29 is 4.52 Å². The molecule has 7 nitrogen and oxygen atoms in total. The van der Waals surface area contributed by atoms with Crippen LogP contribution in [0.4, 0.5) is 5.82 Å². The zero-order valence-corrected chi connectivity index (χ0v) is 14.6. The molecule has 0 spiro atoms. The standard InChI is InChI=1S/C18H24N6O/c1-2-3-6-17-22-16(23-25-17)13-24-9-7-14(12-24)11-21-18-15(10-19)5-4-8-20-18/h4-5,8,14H,2-3,6-7,9,11-13H2,1H3,(H,20,21)/t14-/m0/s1. The molecule has 0 aromatic carbocycles. The van der Waals surface area contributed by atoms with Crippen molar-refractivity contribution in [2.45, 2.75) is 39.2 Å². The number of nitrogens with one attached hydrogen (secondary N) is 1. The first-order chi connectivity index (χ1) is 12.3. The molecule has 7 heteroatoms. The van der Waals surface area contributed by atoms with Gasteiger partial charge in [0.25, 0.3) is 0 Å². The summed E-state index contributed by atoms with van der Waals surface area (Å²) in [5.41, 5.74) is 0.587. The van der Waals surface area contributed by atoms with E-state index in [9.17, 15) is 0 Å². The van der Waals surface area contributed by atoms with E-state index < -0.39 is 0 Å². The molecule has 2 aromatic heterocycles. The van der Waals surface area contributed by atoms with E-state index in [1.165, 1.54) is 0 Å². The van der Waals surface area contributed by atoms with E-state index in [0.717, 1.165) is 63.6 Å².